The van der Waals surface area contributed by atoms with E-state index in [-0.39, 0.29) is 46.3 Å². The molecule has 2 aliphatic heterocycles. The van der Waals surface area contributed by atoms with Crippen LogP contribution in [0.15, 0.2) is 45.8 Å². The van der Waals surface area contributed by atoms with Crippen molar-refractivity contribution in [1.82, 2.24) is 0 Å². The largest absolute Gasteiger partial charge is 0.504 e. The molecule has 0 radical (unpaired) electrons. The number of aromatic hydroxyl groups is 1. The molecular weight excluding hydrogens is 440 g/mol. The van der Waals surface area contributed by atoms with Gasteiger partial charge in [0.05, 0.1) is 12.2 Å². The zero-order valence-corrected chi connectivity index (χ0v) is 17.0. The summed E-state index contributed by atoms with van der Waals surface area (Å²) < 4.78 is 26.8. The number of aliphatic hydroxyl groups excluding tert-OH is 4. The fraction of sp³-hybridized carbons (Fsp3) is 0.318. The highest BCUT2D eigenvalue weighted by molar-refractivity contribution is 5.91. The van der Waals surface area contributed by atoms with E-state index in [1.54, 1.807) is 12.1 Å². The predicted octanol–water partition coefficient (Wildman–Crippen LogP) is 0.0730. The van der Waals surface area contributed by atoms with E-state index in [4.69, 9.17) is 23.4 Å². The van der Waals surface area contributed by atoms with Gasteiger partial charge < -0.3 is 48.9 Å². The van der Waals surface area contributed by atoms with Gasteiger partial charge in [0.25, 0.3) is 0 Å². The lowest BCUT2D eigenvalue weighted by Crippen LogP contribution is -2.60. The van der Waals surface area contributed by atoms with E-state index in [1.165, 1.54) is 24.5 Å². The number of phenolic OH excluding ortho intramolecular Hbond substituents is 1. The molecule has 0 aliphatic carbocycles. The summed E-state index contributed by atoms with van der Waals surface area (Å²) in [7, 11) is 0. The normalized spacial score (nSPS) is 26.5. The van der Waals surface area contributed by atoms with Crippen LogP contribution in [-0.2, 0) is 4.74 Å². The van der Waals surface area contributed by atoms with Crippen LogP contribution >= 0.6 is 0 Å². The minimum absolute atomic E-state index is 0.0432. The van der Waals surface area contributed by atoms with Gasteiger partial charge >= 0.3 is 0 Å². The van der Waals surface area contributed by atoms with Gasteiger partial charge in [-0.1, -0.05) is 12.1 Å². The first-order chi connectivity index (χ1) is 15.9. The van der Waals surface area contributed by atoms with Gasteiger partial charge in [0.1, 0.15) is 47.4 Å². The molecule has 3 aromatic rings. The van der Waals surface area contributed by atoms with E-state index < -0.39 is 42.7 Å². The molecule has 5 N–H and O–H groups in total. The number of benzene rings is 2. The quantitative estimate of drug-likeness (QED) is 0.357. The Labute approximate surface area is 185 Å². The molecule has 11 nitrogen and oxygen atoms in total. The van der Waals surface area contributed by atoms with Crippen LogP contribution < -0.4 is 19.6 Å². The molecule has 5 atom stereocenters. The zero-order chi connectivity index (χ0) is 23.3. The summed E-state index contributed by atoms with van der Waals surface area (Å²) in [5.41, 5.74) is 0.308. The van der Waals surface area contributed by atoms with E-state index in [9.17, 15) is 30.3 Å². The third-order valence-electron chi connectivity index (χ3n) is 5.64. The number of aliphatic hydroxyl groups is 4. The van der Waals surface area contributed by atoms with Crippen LogP contribution in [0.2, 0.25) is 0 Å². The van der Waals surface area contributed by atoms with Crippen molar-refractivity contribution in [3.05, 3.63) is 46.8 Å². The van der Waals surface area contributed by atoms with E-state index >= 15 is 0 Å². The van der Waals surface area contributed by atoms with Gasteiger partial charge in [0, 0.05) is 6.07 Å². The van der Waals surface area contributed by atoms with E-state index in [0.29, 0.717) is 5.56 Å². The first-order valence-corrected chi connectivity index (χ1v) is 10.0. The molecule has 1 fully saturated rings. The molecule has 3 heterocycles. The standard InChI is InChI=1S/C22H20O11/c23-6-14-17(25)19(27)20(28)22(33-14)32-10-3-1-9(2-4-10)11-7-29-12-5-13-21(31-8-30-13)18(26)15(12)16(11)24/h1-5,7,14,17,19-20,22-23,25-28H,6,8H2. The maximum absolute atomic E-state index is 13.1. The molecular formula is C22H20O11. The van der Waals surface area contributed by atoms with Crippen LogP contribution in [0.4, 0.5) is 0 Å². The van der Waals surface area contributed by atoms with Crippen LogP contribution in [0.3, 0.4) is 0 Å². The second kappa shape index (κ2) is 8.21. The summed E-state index contributed by atoms with van der Waals surface area (Å²) in [4.78, 5) is 13.1. The van der Waals surface area contributed by atoms with Crippen LogP contribution in [0.5, 0.6) is 23.0 Å². The summed E-state index contributed by atoms with van der Waals surface area (Å²) in [5.74, 6) is 0.235. The highest BCUT2D eigenvalue weighted by Crippen LogP contribution is 2.44. The number of hydrogen-bond acceptors (Lipinski definition) is 11. The Hall–Kier alpha value is -3.35. The Balaban J connectivity index is 1.42. The third-order valence-corrected chi connectivity index (χ3v) is 5.64. The fourth-order valence-corrected chi connectivity index (χ4v) is 3.84. The molecule has 0 amide bonds. The molecule has 11 heteroatoms. The molecule has 1 aromatic heterocycles. The molecule has 2 aromatic carbocycles. The fourth-order valence-electron chi connectivity index (χ4n) is 3.84. The molecule has 174 valence electrons. The molecule has 0 saturated carbocycles. The number of rotatable bonds is 4. The van der Waals surface area contributed by atoms with Crippen molar-refractivity contribution < 1.29 is 48.9 Å². The van der Waals surface area contributed by atoms with E-state index in [1.807, 2.05) is 0 Å². The zero-order valence-electron chi connectivity index (χ0n) is 17.0. The summed E-state index contributed by atoms with van der Waals surface area (Å²) >= 11 is 0. The average Bonchev–Trinajstić information content (AvgIpc) is 3.29. The van der Waals surface area contributed by atoms with Crippen LogP contribution in [0.25, 0.3) is 22.1 Å². The van der Waals surface area contributed by atoms with Crippen LogP contribution in [-0.4, -0.2) is 69.6 Å². The molecule has 5 rings (SSSR count). The Bertz CT molecular complexity index is 1230. The summed E-state index contributed by atoms with van der Waals surface area (Å²) in [6.07, 6.45) is -5.78. The molecule has 2 aliphatic rings. The Kier molecular flexibility index (Phi) is 5.35. The van der Waals surface area contributed by atoms with Crippen molar-refractivity contribution in [2.24, 2.45) is 0 Å². The Morgan fingerprint density at radius 1 is 1.03 bits per heavy atom. The second-order valence-corrected chi connectivity index (χ2v) is 7.65. The number of ether oxygens (including phenoxy) is 4. The van der Waals surface area contributed by atoms with Crippen molar-refractivity contribution in [3.63, 3.8) is 0 Å². The van der Waals surface area contributed by atoms with Gasteiger partial charge in [-0.15, -0.1) is 0 Å². The van der Waals surface area contributed by atoms with Gasteiger partial charge in [-0.3, -0.25) is 4.79 Å². The van der Waals surface area contributed by atoms with Crippen molar-refractivity contribution >= 4 is 11.0 Å². The number of hydrogen-bond donors (Lipinski definition) is 5. The van der Waals surface area contributed by atoms with Crippen LogP contribution in [0, 0.1) is 0 Å². The molecule has 33 heavy (non-hydrogen) atoms. The SMILES string of the molecule is O=c1c(-c2ccc(OC3OC(CO)C(O)C(O)C3O)cc2)coc2cc3c(c(O)c12)OCO3. The van der Waals surface area contributed by atoms with Gasteiger partial charge in [0.15, 0.2) is 11.5 Å². The number of fused-ring (bicyclic) bond motifs is 2. The third kappa shape index (κ3) is 3.56. The first-order valence-electron chi connectivity index (χ1n) is 10.0. The summed E-state index contributed by atoms with van der Waals surface area (Å²) in [6, 6.07) is 7.59. The molecule has 0 bridgehead atoms. The minimum atomic E-state index is -1.56. The van der Waals surface area contributed by atoms with Crippen molar-refractivity contribution in [2.75, 3.05) is 13.4 Å². The lowest BCUT2D eigenvalue weighted by molar-refractivity contribution is -0.277. The molecule has 5 unspecified atom stereocenters. The summed E-state index contributed by atoms with van der Waals surface area (Å²) in [5, 5.41) is 49.6. The van der Waals surface area contributed by atoms with Crippen LogP contribution in [0.1, 0.15) is 0 Å². The topological polar surface area (TPSA) is 168 Å². The maximum Gasteiger partial charge on any atom is 0.231 e. The Morgan fingerprint density at radius 3 is 2.52 bits per heavy atom. The second-order valence-electron chi connectivity index (χ2n) is 7.65. The van der Waals surface area contributed by atoms with Crippen molar-refractivity contribution in [1.29, 1.82) is 0 Å². The van der Waals surface area contributed by atoms with Gasteiger partial charge in [-0.25, -0.2) is 0 Å². The monoisotopic (exact) mass is 460 g/mol. The lowest BCUT2D eigenvalue weighted by atomic mass is 9.99. The van der Waals surface area contributed by atoms with Gasteiger partial charge in [-0.2, -0.15) is 0 Å². The molecule has 1 saturated heterocycles. The highest BCUT2D eigenvalue weighted by Gasteiger charge is 2.44. The highest BCUT2D eigenvalue weighted by atomic mass is 16.7. The maximum atomic E-state index is 13.1. The minimum Gasteiger partial charge on any atom is -0.504 e. The van der Waals surface area contributed by atoms with Gasteiger partial charge in [0.2, 0.25) is 24.3 Å². The summed E-state index contributed by atoms with van der Waals surface area (Å²) in [6.45, 7) is -0.648. The first kappa shape index (κ1) is 21.5. The lowest BCUT2D eigenvalue weighted by Gasteiger charge is -2.39. The number of phenols is 1. The predicted molar refractivity (Wildman–Crippen MR) is 110 cm³/mol. The smallest absolute Gasteiger partial charge is 0.231 e. The van der Waals surface area contributed by atoms with E-state index in [2.05, 4.69) is 0 Å². The average molecular weight is 460 g/mol. The van der Waals surface area contributed by atoms with E-state index in [0.717, 1.165) is 0 Å². The van der Waals surface area contributed by atoms with Crippen molar-refractivity contribution in [2.45, 2.75) is 30.7 Å². The van der Waals surface area contributed by atoms with Crippen molar-refractivity contribution in [3.8, 4) is 34.1 Å². The molecule has 0 spiro atoms. The Morgan fingerprint density at radius 2 is 1.79 bits per heavy atom. The van der Waals surface area contributed by atoms with Gasteiger partial charge in [-0.05, 0) is 17.7 Å².